The molecule has 0 aliphatic heterocycles. The summed E-state index contributed by atoms with van der Waals surface area (Å²) in [6.45, 7) is 1.31. The highest BCUT2D eigenvalue weighted by Crippen LogP contribution is 2.19. The van der Waals surface area contributed by atoms with Gasteiger partial charge in [0.2, 0.25) is 0 Å². The zero-order valence-corrected chi connectivity index (χ0v) is 10.7. The lowest BCUT2D eigenvalue weighted by atomic mass is 10.3. The van der Waals surface area contributed by atoms with Crippen LogP contribution in [-0.2, 0) is 13.2 Å². The van der Waals surface area contributed by atoms with Gasteiger partial charge in [-0.05, 0) is 37.1 Å². The molecule has 0 radical (unpaired) electrons. The monoisotopic (exact) mass is 255 g/mol. The van der Waals surface area contributed by atoms with Crippen LogP contribution in [0.25, 0.3) is 0 Å². The minimum Gasteiger partial charge on any atom is -0.486 e. The fraction of sp³-hybridized carbons (Fsp3) is 0.333. The molecule has 3 rings (SSSR count). The first-order chi connectivity index (χ1) is 9.40. The number of hydrogen-bond acceptors (Lipinski definition) is 4. The zero-order valence-electron chi connectivity index (χ0n) is 10.7. The van der Waals surface area contributed by atoms with Crippen LogP contribution < -0.4 is 10.1 Å². The molecule has 1 aliphatic rings. The first kappa shape index (κ1) is 12.1. The second-order valence-electron chi connectivity index (χ2n) is 4.75. The average Bonchev–Trinajstić information content (AvgIpc) is 3.29. The van der Waals surface area contributed by atoms with E-state index in [9.17, 15) is 0 Å². The fourth-order valence-electron chi connectivity index (χ4n) is 1.78. The highest BCUT2D eigenvalue weighted by atomic mass is 16.5. The van der Waals surface area contributed by atoms with Crippen molar-refractivity contribution >= 4 is 0 Å². The Morgan fingerprint density at radius 1 is 1.11 bits per heavy atom. The zero-order chi connectivity index (χ0) is 12.9. The molecule has 2 aromatic heterocycles. The van der Waals surface area contributed by atoms with Crippen molar-refractivity contribution in [3.8, 4) is 5.75 Å². The third-order valence-electron chi connectivity index (χ3n) is 3.06. The quantitative estimate of drug-likeness (QED) is 0.860. The molecule has 4 nitrogen and oxygen atoms in total. The molecule has 19 heavy (non-hydrogen) atoms. The topological polar surface area (TPSA) is 47.0 Å². The maximum Gasteiger partial charge on any atom is 0.138 e. The Kier molecular flexibility index (Phi) is 3.70. The summed E-state index contributed by atoms with van der Waals surface area (Å²) in [5, 5.41) is 3.44. The van der Waals surface area contributed by atoms with Crippen molar-refractivity contribution in [2.45, 2.75) is 32.0 Å². The van der Waals surface area contributed by atoms with E-state index in [2.05, 4.69) is 15.3 Å². The van der Waals surface area contributed by atoms with Crippen LogP contribution in [0.4, 0.5) is 0 Å². The third kappa shape index (κ3) is 3.76. The van der Waals surface area contributed by atoms with Crippen LogP contribution >= 0.6 is 0 Å². The van der Waals surface area contributed by atoms with E-state index in [0.717, 1.165) is 23.7 Å². The first-order valence-electron chi connectivity index (χ1n) is 6.61. The summed E-state index contributed by atoms with van der Waals surface area (Å²) in [6.07, 6.45) is 6.13. The predicted octanol–water partition coefficient (Wildman–Crippen LogP) is 2.31. The van der Waals surface area contributed by atoms with Gasteiger partial charge in [0.1, 0.15) is 12.4 Å². The van der Waals surface area contributed by atoms with Gasteiger partial charge in [-0.2, -0.15) is 0 Å². The smallest absolute Gasteiger partial charge is 0.138 e. The molecule has 0 saturated heterocycles. The molecular weight excluding hydrogens is 238 g/mol. The van der Waals surface area contributed by atoms with Crippen LogP contribution in [-0.4, -0.2) is 16.0 Å². The van der Waals surface area contributed by atoms with Gasteiger partial charge in [-0.25, -0.2) is 0 Å². The van der Waals surface area contributed by atoms with Crippen LogP contribution in [0.5, 0.6) is 5.75 Å². The summed E-state index contributed by atoms with van der Waals surface area (Å²) in [6, 6.07) is 10.5. The van der Waals surface area contributed by atoms with Crippen molar-refractivity contribution in [3.63, 3.8) is 0 Å². The summed E-state index contributed by atoms with van der Waals surface area (Å²) < 4.78 is 5.64. The third-order valence-corrected chi connectivity index (χ3v) is 3.06. The summed E-state index contributed by atoms with van der Waals surface area (Å²) >= 11 is 0. The summed E-state index contributed by atoms with van der Waals surface area (Å²) in [5.74, 6) is 0.779. The van der Waals surface area contributed by atoms with Gasteiger partial charge in [0, 0.05) is 18.8 Å². The SMILES string of the molecule is c1ccc(COc2ccc(CNC3CC3)nc2)nc1. The van der Waals surface area contributed by atoms with Gasteiger partial charge in [0.15, 0.2) is 0 Å². The molecule has 1 saturated carbocycles. The minimum atomic E-state index is 0.474. The Morgan fingerprint density at radius 2 is 2.05 bits per heavy atom. The number of pyridine rings is 2. The van der Waals surface area contributed by atoms with Gasteiger partial charge < -0.3 is 10.1 Å². The number of rotatable bonds is 6. The lowest BCUT2D eigenvalue weighted by Crippen LogP contribution is -2.16. The molecule has 2 aromatic rings. The molecule has 2 heterocycles. The van der Waals surface area contributed by atoms with Gasteiger partial charge >= 0.3 is 0 Å². The normalized spacial score (nSPS) is 14.3. The molecule has 0 bridgehead atoms. The van der Waals surface area contributed by atoms with Crippen molar-refractivity contribution in [2.75, 3.05) is 0 Å². The first-order valence-corrected chi connectivity index (χ1v) is 6.61. The van der Waals surface area contributed by atoms with E-state index in [4.69, 9.17) is 4.74 Å². The summed E-state index contributed by atoms with van der Waals surface area (Å²) in [4.78, 5) is 8.59. The minimum absolute atomic E-state index is 0.474. The average molecular weight is 255 g/mol. The molecular formula is C15H17N3O. The number of hydrogen-bond donors (Lipinski definition) is 1. The Hall–Kier alpha value is -1.94. The Balaban J connectivity index is 1.50. The van der Waals surface area contributed by atoms with E-state index in [0.29, 0.717) is 12.6 Å². The predicted molar refractivity (Wildman–Crippen MR) is 72.7 cm³/mol. The van der Waals surface area contributed by atoms with Gasteiger partial charge in [-0.3, -0.25) is 9.97 Å². The summed E-state index contributed by atoms with van der Waals surface area (Å²) in [5.41, 5.74) is 1.97. The van der Waals surface area contributed by atoms with Crippen molar-refractivity contribution < 1.29 is 4.74 Å². The standard InChI is InChI=1S/C15H17N3O/c1-2-8-16-14(3-1)11-19-15-7-6-13(18-10-15)9-17-12-4-5-12/h1-3,6-8,10,12,17H,4-5,9,11H2. The van der Waals surface area contributed by atoms with E-state index < -0.39 is 0 Å². The van der Waals surface area contributed by atoms with Crippen molar-refractivity contribution in [1.82, 2.24) is 15.3 Å². The number of nitrogens with zero attached hydrogens (tertiary/aromatic N) is 2. The Bertz CT molecular complexity index is 509. The number of ether oxygens (including phenoxy) is 1. The molecule has 0 atom stereocenters. The lowest BCUT2D eigenvalue weighted by molar-refractivity contribution is 0.300. The summed E-state index contributed by atoms with van der Waals surface area (Å²) in [7, 11) is 0. The van der Waals surface area contributed by atoms with Crippen LogP contribution in [0, 0.1) is 0 Å². The molecule has 98 valence electrons. The number of nitrogens with one attached hydrogen (secondary N) is 1. The van der Waals surface area contributed by atoms with E-state index in [-0.39, 0.29) is 0 Å². The van der Waals surface area contributed by atoms with Crippen LogP contribution in [0.3, 0.4) is 0 Å². The highest BCUT2D eigenvalue weighted by molar-refractivity contribution is 5.20. The molecule has 0 aromatic carbocycles. The maximum absolute atomic E-state index is 5.64. The van der Waals surface area contributed by atoms with Crippen molar-refractivity contribution in [3.05, 3.63) is 54.1 Å². The molecule has 1 N–H and O–H groups in total. The van der Waals surface area contributed by atoms with Crippen molar-refractivity contribution in [2.24, 2.45) is 0 Å². The molecule has 4 heteroatoms. The van der Waals surface area contributed by atoms with E-state index in [1.807, 2.05) is 30.3 Å². The molecule has 0 amide bonds. The molecule has 0 spiro atoms. The van der Waals surface area contributed by atoms with Crippen LogP contribution in [0.2, 0.25) is 0 Å². The Morgan fingerprint density at radius 3 is 2.74 bits per heavy atom. The fourth-order valence-corrected chi connectivity index (χ4v) is 1.78. The highest BCUT2D eigenvalue weighted by Gasteiger charge is 2.19. The van der Waals surface area contributed by atoms with Crippen molar-refractivity contribution in [1.29, 1.82) is 0 Å². The largest absolute Gasteiger partial charge is 0.486 e. The van der Waals surface area contributed by atoms with E-state index >= 15 is 0 Å². The molecule has 1 fully saturated rings. The van der Waals surface area contributed by atoms with Gasteiger partial charge in [-0.15, -0.1) is 0 Å². The van der Waals surface area contributed by atoms with Gasteiger partial charge in [0.25, 0.3) is 0 Å². The van der Waals surface area contributed by atoms with Crippen LogP contribution in [0.15, 0.2) is 42.7 Å². The second kappa shape index (κ2) is 5.80. The molecule has 0 unspecified atom stereocenters. The van der Waals surface area contributed by atoms with Gasteiger partial charge in [0.05, 0.1) is 17.6 Å². The Labute approximate surface area is 112 Å². The van der Waals surface area contributed by atoms with E-state index in [1.165, 1.54) is 12.8 Å². The van der Waals surface area contributed by atoms with E-state index in [1.54, 1.807) is 12.4 Å². The second-order valence-corrected chi connectivity index (χ2v) is 4.75. The lowest BCUT2D eigenvalue weighted by Gasteiger charge is -2.06. The maximum atomic E-state index is 5.64. The number of aromatic nitrogens is 2. The van der Waals surface area contributed by atoms with Crippen LogP contribution in [0.1, 0.15) is 24.2 Å². The molecule has 1 aliphatic carbocycles. The van der Waals surface area contributed by atoms with Gasteiger partial charge in [-0.1, -0.05) is 6.07 Å².